The van der Waals surface area contributed by atoms with Crippen LogP contribution in [0.3, 0.4) is 0 Å². The van der Waals surface area contributed by atoms with E-state index in [1.54, 1.807) is 0 Å². The number of benzene rings is 3. The number of nitrogens with one attached hydrogen (secondary N) is 1. The first-order valence-corrected chi connectivity index (χ1v) is 8.93. The van der Waals surface area contributed by atoms with Gasteiger partial charge in [-0.1, -0.05) is 54.6 Å². The molecule has 0 aliphatic heterocycles. The Balaban J connectivity index is 1.43. The predicted octanol–water partition coefficient (Wildman–Crippen LogP) is 4.39. The van der Waals surface area contributed by atoms with Gasteiger partial charge in [-0.3, -0.25) is 9.78 Å². The topological polar surface area (TPSA) is 51.2 Å². The number of fused-ring (bicyclic) bond motifs is 2. The summed E-state index contributed by atoms with van der Waals surface area (Å²) < 4.78 is 5.76. The summed E-state index contributed by atoms with van der Waals surface area (Å²) in [6.07, 6.45) is 0. The SMILES string of the molecule is Cc1cc(CNC(=O)COc2cccc3ccccc23)c2ccccc2n1. The van der Waals surface area contributed by atoms with E-state index in [1.165, 1.54) is 0 Å². The lowest BCUT2D eigenvalue weighted by molar-refractivity contribution is -0.123. The van der Waals surface area contributed by atoms with Crippen molar-refractivity contribution in [3.63, 3.8) is 0 Å². The molecule has 0 aliphatic carbocycles. The zero-order valence-electron chi connectivity index (χ0n) is 15.1. The van der Waals surface area contributed by atoms with Crippen LogP contribution in [0.4, 0.5) is 0 Å². The molecule has 0 fully saturated rings. The lowest BCUT2D eigenvalue weighted by Gasteiger charge is -2.11. The van der Waals surface area contributed by atoms with Crippen LogP contribution in [0.25, 0.3) is 21.7 Å². The molecule has 0 unspecified atom stereocenters. The summed E-state index contributed by atoms with van der Waals surface area (Å²) in [5.74, 6) is 0.565. The highest BCUT2D eigenvalue weighted by Gasteiger charge is 2.08. The van der Waals surface area contributed by atoms with Crippen molar-refractivity contribution in [3.05, 3.63) is 84.1 Å². The van der Waals surface area contributed by atoms with Gasteiger partial charge in [0.25, 0.3) is 5.91 Å². The minimum Gasteiger partial charge on any atom is -0.483 e. The molecule has 4 aromatic rings. The fourth-order valence-corrected chi connectivity index (χ4v) is 3.25. The molecule has 27 heavy (non-hydrogen) atoms. The summed E-state index contributed by atoms with van der Waals surface area (Å²) >= 11 is 0. The second-order valence-corrected chi connectivity index (χ2v) is 6.48. The van der Waals surface area contributed by atoms with Gasteiger partial charge in [-0.2, -0.15) is 0 Å². The Kier molecular flexibility index (Phi) is 4.71. The summed E-state index contributed by atoms with van der Waals surface area (Å²) in [7, 11) is 0. The zero-order chi connectivity index (χ0) is 18.6. The Bertz CT molecular complexity index is 1120. The lowest BCUT2D eigenvalue weighted by atomic mass is 10.1. The molecule has 4 nitrogen and oxygen atoms in total. The number of aryl methyl sites for hydroxylation is 1. The number of para-hydroxylation sites is 1. The highest BCUT2D eigenvalue weighted by molar-refractivity contribution is 5.89. The molecule has 4 rings (SSSR count). The number of aromatic nitrogens is 1. The predicted molar refractivity (Wildman–Crippen MR) is 108 cm³/mol. The van der Waals surface area contributed by atoms with Crippen molar-refractivity contribution in [2.45, 2.75) is 13.5 Å². The molecule has 0 atom stereocenters. The van der Waals surface area contributed by atoms with Crippen LogP contribution in [0.2, 0.25) is 0 Å². The Morgan fingerprint density at radius 1 is 0.963 bits per heavy atom. The molecule has 0 saturated heterocycles. The number of hydrogen-bond donors (Lipinski definition) is 1. The summed E-state index contributed by atoms with van der Waals surface area (Å²) in [5, 5.41) is 6.09. The van der Waals surface area contributed by atoms with E-state index in [0.717, 1.165) is 32.9 Å². The van der Waals surface area contributed by atoms with Gasteiger partial charge >= 0.3 is 0 Å². The Morgan fingerprint density at radius 3 is 2.59 bits per heavy atom. The molecule has 0 saturated carbocycles. The van der Waals surface area contributed by atoms with E-state index in [-0.39, 0.29) is 12.5 Å². The molecular weight excluding hydrogens is 336 g/mol. The van der Waals surface area contributed by atoms with Gasteiger partial charge < -0.3 is 10.1 Å². The van der Waals surface area contributed by atoms with Crippen LogP contribution < -0.4 is 10.1 Å². The molecule has 0 bridgehead atoms. The van der Waals surface area contributed by atoms with Gasteiger partial charge in [0.1, 0.15) is 5.75 Å². The van der Waals surface area contributed by atoms with Crippen LogP contribution in [-0.4, -0.2) is 17.5 Å². The summed E-state index contributed by atoms with van der Waals surface area (Å²) in [6.45, 7) is 2.39. The van der Waals surface area contributed by atoms with Crippen LogP contribution in [-0.2, 0) is 11.3 Å². The number of ether oxygens (including phenoxy) is 1. The molecule has 1 amide bonds. The number of carbonyl (C=O) groups excluding carboxylic acids is 1. The highest BCUT2D eigenvalue weighted by Crippen LogP contribution is 2.25. The smallest absolute Gasteiger partial charge is 0.258 e. The van der Waals surface area contributed by atoms with Crippen LogP contribution in [0.1, 0.15) is 11.3 Å². The third kappa shape index (κ3) is 3.75. The quantitative estimate of drug-likeness (QED) is 0.577. The minimum atomic E-state index is -0.151. The maximum atomic E-state index is 12.3. The van der Waals surface area contributed by atoms with Gasteiger partial charge in [0, 0.05) is 23.0 Å². The third-order valence-corrected chi connectivity index (χ3v) is 4.51. The largest absolute Gasteiger partial charge is 0.483 e. The molecule has 0 aliphatic rings. The van der Waals surface area contributed by atoms with Crippen molar-refractivity contribution in [1.29, 1.82) is 0 Å². The van der Waals surface area contributed by atoms with Gasteiger partial charge in [0.05, 0.1) is 5.52 Å². The second kappa shape index (κ2) is 7.46. The maximum absolute atomic E-state index is 12.3. The summed E-state index contributed by atoms with van der Waals surface area (Å²) in [6, 6.07) is 23.8. The highest BCUT2D eigenvalue weighted by atomic mass is 16.5. The number of amides is 1. The normalized spacial score (nSPS) is 10.9. The van der Waals surface area contributed by atoms with Gasteiger partial charge in [-0.15, -0.1) is 0 Å². The minimum absolute atomic E-state index is 0.0179. The van der Waals surface area contributed by atoms with E-state index in [0.29, 0.717) is 12.3 Å². The number of carbonyl (C=O) groups is 1. The number of pyridine rings is 1. The molecule has 1 N–H and O–H groups in total. The molecule has 1 aromatic heterocycles. The van der Waals surface area contributed by atoms with Crippen molar-refractivity contribution < 1.29 is 9.53 Å². The zero-order valence-corrected chi connectivity index (χ0v) is 15.1. The van der Waals surface area contributed by atoms with Crippen LogP contribution in [0.15, 0.2) is 72.8 Å². The van der Waals surface area contributed by atoms with Gasteiger partial charge in [0.2, 0.25) is 0 Å². The molecule has 0 spiro atoms. The first kappa shape index (κ1) is 17.0. The fourth-order valence-electron chi connectivity index (χ4n) is 3.25. The summed E-state index contributed by atoms with van der Waals surface area (Å²) in [4.78, 5) is 16.8. The molecule has 1 heterocycles. The second-order valence-electron chi connectivity index (χ2n) is 6.48. The number of rotatable bonds is 5. The van der Waals surface area contributed by atoms with Crippen LogP contribution in [0, 0.1) is 6.92 Å². The molecule has 134 valence electrons. The summed E-state index contributed by atoms with van der Waals surface area (Å²) in [5.41, 5.74) is 2.93. The number of nitrogens with zero attached hydrogens (tertiary/aromatic N) is 1. The van der Waals surface area contributed by atoms with E-state index in [9.17, 15) is 4.79 Å². The Hall–Kier alpha value is -3.40. The van der Waals surface area contributed by atoms with Crippen LogP contribution >= 0.6 is 0 Å². The van der Waals surface area contributed by atoms with E-state index in [2.05, 4.69) is 10.3 Å². The fraction of sp³-hybridized carbons (Fsp3) is 0.130. The van der Waals surface area contributed by atoms with Crippen molar-refractivity contribution in [3.8, 4) is 5.75 Å². The maximum Gasteiger partial charge on any atom is 0.258 e. The van der Waals surface area contributed by atoms with E-state index in [1.807, 2.05) is 79.7 Å². The van der Waals surface area contributed by atoms with Gasteiger partial charge in [-0.25, -0.2) is 0 Å². The van der Waals surface area contributed by atoms with E-state index < -0.39 is 0 Å². The van der Waals surface area contributed by atoms with E-state index >= 15 is 0 Å². The monoisotopic (exact) mass is 356 g/mol. The van der Waals surface area contributed by atoms with Crippen LogP contribution in [0.5, 0.6) is 5.75 Å². The van der Waals surface area contributed by atoms with Crippen molar-refractivity contribution in [1.82, 2.24) is 10.3 Å². The van der Waals surface area contributed by atoms with E-state index in [4.69, 9.17) is 4.74 Å². The molecule has 4 heteroatoms. The van der Waals surface area contributed by atoms with Gasteiger partial charge in [0.15, 0.2) is 6.61 Å². The average molecular weight is 356 g/mol. The number of hydrogen-bond acceptors (Lipinski definition) is 3. The average Bonchev–Trinajstić information content (AvgIpc) is 2.70. The third-order valence-electron chi connectivity index (χ3n) is 4.51. The van der Waals surface area contributed by atoms with Gasteiger partial charge in [-0.05, 0) is 36.1 Å². The Morgan fingerprint density at radius 2 is 1.70 bits per heavy atom. The first-order chi connectivity index (χ1) is 13.2. The standard InChI is InChI=1S/C23H20N2O2/c1-16-13-18(19-9-4-5-11-21(19)25-16)14-24-23(26)15-27-22-12-6-8-17-7-2-3-10-20(17)22/h2-13H,14-15H2,1H3,(H,24,26). The lowest BCUT2D eigenvalue weighted by Crippen LogP contribution is -2.28. The Labute approximate surface area is 157 Å². The molecule has 0 radical (unpaired) electrons. The molecular formula is C23H20N2O2. The van der Waals surface area contributed by atoms with Crippen molar-refractivity contribution in [2.75, 3.05) is 6.61 Å². The molecule has 3 aromatic carbocycles. The first-order valence-electron chi connectivity index (χ1n) is 8.93. The van der Waals surface area contributed by atoms with Crippen molar-refractivity contribution in [2.24, 2.45) is 0 Å². The van der Waals surface area contributed by atoms with Crippen molar-refractivity contribution >= 4 is 27.6 Å².